The zero-order valence-corrected chi connectivity index (χ0v) is 9.08. The van der Waals surface area contributed by atoms with E-state index in [1.807, 2.05) is 19.9 Å². The Morgan fingerprint density at radius 2 is 2.27 bits per heavy atom. The highest BCUT2D eigenvalue weighted by molar-refractivity contribution is 5.27. The molecule has 0 bridgehead atoms. The van der Waals surface area contributed by atoms with Crippen molar-refractivity contribution in [3.8, 4) is 6.07 Å². The summed E-state index contributed by atoms with van der Waals surface area (Å²) in [7, 11) is 0. The summed E-state index contributed by atoms with van der Waals surface area (Å²) in [6.07, 6.45) is 0.760. The molecule has 0 aliphatic heterocycles. The van der Waals surface area contributed by atoms with E-state index < -0.39 is 0 Å². The maximum atomic E-state index is 11.7. The standard InChI is InChI=1S/C12H14N2O/c1-9(2)6-7-14-10(3)4-5-11(8-13)12(14)15/h4-5H,1,6-7H2,2-3H3. The van der Waals surface area contributed by atoms with Crippen LogP contribution >= 0.6 is 0 Å². The second kappa shape index (κ2) is 4.61. The lowest BCUT2D eigenvalue weighted by molar-refractivity contribution is 0.645. The lowest BCUT2D eigenvalue weighted by Gasteiger charge is -2.09. The molecule has 1 aromatic rings. The van der Waals surface area contributed by atoms with Crippen molar-refractivity contribution in [3.63, 3.8) is 0 Å². The van der Waals surface area contributed by atoms with E-state index in [0.717, 1.165) is 17.7 Å². The van der Waals surface area contributed by atoms with Crippen molar-refractivity contribution in [2.24, 2.45) is 0 Å². The van der Waals surface area contributed by atoms with Gasteiger partial charge >= 0.3 is 0 Å². The molecule has 0 N–H and O–H groups in total. The molecule has 0 aliphatic carbocycles. The third-order valence-corrected chi connectivity index (χ3v) is 2.28. The number of hydrogen-bond acceptors (Lipinski definition) is 2. The van der Waals surface area contributed by atoms with Crippen LogP contribution in [-0.4, -0.2) is 4.57 Å². The van der Waals surface area contributed by atoms with Gasteiger partial charge in [-0.15, -0.1) is 6.58 Å². The molecular formula is C12H14N2O. The molecule has 0 unspecified atom stereocenters. The number of rotatable bonds is 3. The third kappa shape index (κ3) is 2.57. The zero-order chi connectivity index (χ0) is 11.4. The number of nitriles is 1. The Hall–Kier alpha value is -1.82. The van der Waals surface area contributed by atoms with E-state index in [0.29, 0.717) is 6.54 Å². The highest BCUT2D eigenvalue weighted by Crippen LogP contribution is 2.02. The van der Waals surface area contributed by atoms with Crippen LogP contribution in [-0.2, 0) is 6.54 Å². The first-order chi connectivity index (χ1) is 7.06. The fourth-order valence-corrected chi connectivity index (χ4v) is 1.34. The Labute approximate surface area is 89.3 Å². The third-order valence-electron chi connectivity index (χ3n) is 2.28. The molecule has 0 saturated carbocycles. The molecule has 1 aromatic heterocycles. The van der Waals surface area contributed by atoms with Crippen LogP contribution in [0.1, 0.15) is 24.6 Å². The van der Waals surface area contributed by atoms with Crippen molar-refractivity contribution in [2.75, 3.05) is 0 Å². The minimum atomic E-state index is -0.209. The molecule has 0 fully saturated rings. The van der Waals surface area contributed by atoms with Gasteiger partial charge in [0.25, 0.3) is 5.56 Å². The number of allylic oxidation sites excluding steroid dienone is 1. The Bertz CT molecular complexity index is 477. The number of aryl methyl sites for hydroxylation is 1. The van der Waals surface area contributed by atoms with Crippen LogP contribution in [0, 0.1) is 18.3 Å². The van der Waals surface area contributed by atoms with Crippen LogP contribution in [0.3, 0.4) is 0 Å². The fourth-order valence-electron chi connectivity index (χ4n) is 1.34. The van der Waals surface area contributed by atoms with Gasteiger partial charge in [0.2, 0.25) is 0 Å². The van der Waals surface area contributed by atoms with Gasteiger partial charge in [-0.1, -0.05) is 5.57 Å². The Balaban J connectivity index is 3.11. The average molecular weight is 202 g/mol. The van der Waals surface area contributed by atoms with Gasteiger partial charge in [0.15, 0.2) is 0 Å². The smallest absolute Gasteiger partial charge is 0.268 e. The number of nitrogens with zero attached hydrogens (tertiary/aromatic N) is 2. The molecular weight excluding hydrogens is 188 g/mol. The quantitative estimate of drug-likeness (QED) is 0.704. The second-order valence-corrected chi connectivity index (χ2v) is 3.66. The van der Waals surface area contributed by atoms with Gasteiger partial charge in [-0.3, -0.25) is 4.79 Å². The minimum Gasteiger partial charge on any atom is -0.311 e. The monoisotopic (exact) mass is 202 g/mol. The van der Waals surface area contributed by atoms with Gasteiger partial charge in [-0.25, -0.2) is 0 Å². The van der Waals surface area contributed by atoms with Crippen molar-refractivity contribution >= 4 is 0 Å². The largest absolute Gasteiger partial charge is 0.311 e. The number of hydrogen-bond donors (Lipinski definition) is 0. The summed E-state index contributed by atoms with van der Waals surface area (Å²) in [6, 6.07) is 5.25. The van der Waals surface area contributed by atoms with E-state index in [1.165, 1.54) is 0 Å². The van der Waals surface area contributed by atoms with Crippen molar-refractivity contribution in [1.82, 2.24) is 4.57 Å². The summed E-state index contributed by atoms with van der Waals surface area (Å²) in [4.78, 5) is 11.7. The average Bonchev–Trinajstić information content (AvgIpc) is 2.17. The normalized spacial score (nSPS) is 9.67. The van der Waals surface area contributed by atoms with Crippen LogP contribution in [0.15, 0.2) is 29.1 Å². The summed E-state index contributed by atoms with van der Waals surface area (Å²) >= 11 is 0. The zero-order valence-electron chi connectivity index (χ0n) is 9.08. The molecule has 0 aliphatic rings. The number of pyridine rings is 1. The molecule has 1 rings (SSSR count). The fraction of sp³-hybridized carbons (Fsp3) is 0.333. The lowest BCUT2D eigenvalue weighted by Crippen LogP contribution is -2.24. The summed E-state index contributed by atoms with van der Waals surface area (Å²) in [5.74, 6) is 0. The van der Waals surface area contributed by atoms with E-state index in [2.05, 4.69) is 6.58 Å². The van der Waals surface area contributed by atoms with Gasteiger partial charge in [0.05, 0.1) is 0 Å². The first-order valence-electron chi connectivity index (χ1n) is 4.81. The van der Waals surface area contributed by atoms with E-state index >= 15 is 0 Å². The molecule has 3 nitrogen and oxygen atoms in total. The van der Waals surface area contributed by atoms with E-state index in [1.54, 1.807) is 16.7 Å². The van der Waals surface area contributed by atoms with Crippen LogP contribution in [0.25, 0.3) is 0 Å². The van der Waals surface area contributed by atoms with Crippen LogP contribution in [0.2, 0.25) is 0 Å². The minimum absolute atomic E-state index is 0.197. The molecule has 0 spiro atoms. The summed E-state index contributed by atoms with van der Waals surface area (Å²) in [5, 5.41) is 8.73. The predicted octanol–water partition coefficient (Wildman–Crippen LogP) is 1.99. The van der Waals surface area contributed by atoms with Crippen molar-refractivity contribution in [1.29, 1.82) is 5.26 Å². The van der Waals surface area contributed by atoms with Crippen molar-refractivity contribution in [3.05, 3.63) is 45.9 Å². The van der Waals surface area contributed by atoms with Crippen molar-refractivity contribution in [2.45, 2.75) is 26.8 Å². The summed E-state index contributed by atoms with van der Waals surface area (Å²) in [6.45, 7) is 8.17. The molecule has 78 valence electrons. The predicted molar refractivity (Wildman–Crippen MR) is 59.6 cm³/mol. The van der Waals surface area contributed by atoms with Crippen LogP contribution in [0.5, 0.6) is 0 Å². The Kier molecular flexibility index (Phi) is 3.46. The highest BCUT2D eigenvalue weighted by Gasteiger charge is 2.04. The van der Waals surface area contributed by atoms with Gasteiger partial charge in [0.1, 0.15) is 11.6 Å². The molecule has 3 heteroatoms. The van der Waals surface area contributed by atoms with E-state index in [-0.39, 0.29) is 11.1 Å². The molecule has 15 heavy (non-hydrogen) atoms. The highest BCUT2D eigenvalue weighted by atomic mass is 16.1. The molecule has 0 aromatic carbocycles. The molecule has 1 heterocycles. The Morgan fingerprint density at radius 1 is 1.60 bits per heavy atom. The summed E-state index contributed by atoms with van der Waals surface area (Å²) in [5.41, 5.74) is 1.89. The number of aromatic nitrogens is 1. The van der Waals surface area contributed by atoms with E-state index in [9.17, 15) is 4.79 Å². The summed E-state index contributed by atoms with van der Waals surface area (Å²) < 4.78 is 1.62. The Morgan fingerprint density at radius 3 is 2.80 bits per heavy atom. The molecule has 0 amide bonds. The van der Waals surface area contributed by atoms with Gasteiger partial charge < -0.3 is 4.57 Å². The maximum Gasteiger partial charge on any atom is 0.268 e. The second-order valence-electron chi connectivity index (χ2n) is 3.66. The topological polar surface area (TPSA) is 45.8 Å². The van der Waals surface area contributed by atoms with Gasteiger partial charge in [-0.2, -0.15) is 5.26 Å². The van der Waals surface area contributed by atoms with Crippen LogP contribution < -0.4 is 5.56 Å². The first kappa shape index (κ1) is 11.3. The molecule has 0 saturated heterocycles. The first-order valence-corrected chi connectivity index (χ1v) is 4.81. The maximum absolute atomic E-state index is 11.7. The van der Waals surface area contributed by atoms with Crippen molar-refractivity contribution < 1.29 is 0 Å². The van der Waals surface area contributed by atoms with Gasteiger partial charge in [-0.05, 0) is 32.4 Å². The SMILES string of the molecule is C=C(C)CCn1c(C)ccc(C#N)c1=O. The lowest BCUT2D eigenvalue weighted by atomic mass is 10.2. The van der Waals surface area contributed by atoms with Crippen LogP contribution in [0.4, 0.5) is 0 Å². The molecule has 0 radical (unpaired) electrons. The van der Waals surface area contributed by atoms with Gasteiger partial charge in [0, 0.05) is 12.2 Å². The van der Waals surface area contributed by atoms with E-state index in [4.69, 9.17) is 5.26 Å². The molecule has 0 atom stereocenters.